The third-order valence-electron chi connectivity index (χ3n) is 3.07. The van der Waals surface area contributed by atoms with Crippen molar-refractivity contribution in [2.24, 2.45) is 5.10 Å². The molecule has 0 N–H and O–H groups in total. The fourth-order valence-electron chi connectivity index (χ4n) is 1.83. The molecule has 0 saturated carbocycles. The molecule has 1 aromatic rings. The first-order chi connectivity index (χ1) is 7.20. The van der Waals surface area contributed by atoms with E-state index >= 15 is 0 Å². The number of benzene rings is 1. The van der Waals surface area contributed by atoms with Crippen LogP contribution in [-0.4, -0.2) is 12.3 Å². The van der Waals surface area contributed by atoms with Gasteiger partial charge in [0.05, 0.1) is 5.69 Å². The Morgan fingerprint density at radius 3 is 2.67 bits per heavy atom. The van der Waals surface area contributed by atoms with Crippen LogP contribution in [0, 0.1) is 13.8 Å². The Morgan fingerprint density at radius 1 is 1.27 bits per heavy atom. The number of hydrogen-bond acceptors (Lipinski definition) is 2. The van der Waals surface area contributed by atoms with Gasteiger partial charge in [0.1, 0.15) is 0 Å². The molecular weight excluding hydrogens is 184 g/mol. The zero-order chi connectivity index (χ0) is 10.8. The second kappa shape index (κ2) is 4.05. The molecule has 0 fully saturated rings. The summed E-state index contributed by atoms with van der Waals surface area (Å²) in [5, 5.41) is 6.71. The smallest absolute Gasteiger partial charge is 0.0596 e. The first kappa shape index (κ1) is 10.2. The molecule has 2 heteroatoms. The van der Waals surface area contributed by atoms with E-state index in [0.717, 1.165) is 19.4 Å². The highest BCUT2D eigenvalue weighted by molar-refractivity contribution is 5.87. The lowest BCUT2D eigenvalue weighted by Gasteiger charge is -2.14. The van der Waals surface area contributed by atoms with E-state index < -0.39 is 0 Å². The summed E-state index contributed by atoms with van der Waals surface area (Å²) in [6.07, 6.45) is 2.19. The Bertz CT molecular complexity index is 394. The Morgan fingerprint density at radius 2 is 2.07 bits per heavy atom. The second-order valence-corrected chi connectivity index (χ2v) is 4.16. The maximum atomic E-state index is 4.60. The molecule has 1 heterocycles. The molecule has 0 saturated heterocycles. The van der Waals surface area contributed by atoms with Gasteiger partial charge in [-0.1, -0.05) is 13.0 Å². The van der Waals surface area contributed by atoms with E-state index in [1.165, 1.54) is 22.5 Å². The summed E-state index contributed by atoms with van der Waals surface area (Å²) in [5.74, 6) is 0. The van der Waals surface area contributed by atoms with Crippen molar-refractivity contribution in [1.29, 1.82) is 0 Å². The van der Waals surface area contributed by atoms with Crippen molar-refractivity contribution in [2.75, 3.05) is 11.6 Å². The normalized spacial score (nSPS) is 15.7. The first-order valence-electron chi connectivity index (χ1n) is 5.62. The van der Waals surface area contributed by atoms with Crippen molar-refractivity contribution < 1.29 is 0 Å². The molecule has 1 aromatic carbocycles. The van der Waals surface area contributed by atoms with E-state index in [0.29, 0.717) is 0 Å². The van der Waals surface area contributed by atoms with Crippen LogP contribution in [0.2, 0.25) is 0 Å². The van der Waals surface area contributed by atoms with Crippen LogP contribution in [0.1, 0.15) is 30.9 Å². The monoisotopic (exact) mass is 202 g/mol. The molecule has 0 aromatic heterocycles. The number of nitrogens with zero attached hydrogens (tertiary/aromatic N) is 2. The topological polar surface area (TPSA) is 15.6 Å². The number of rotatable bonds is 2. The molecule has 2 rings (SSSR count). The van der Waals surface area contributed by atoms with Gasteiger partial charge >= 0.3 is 0 Å². The molecule has 0 amide bonds. The van der Waals surface area contributed by atoms with Gasteiger partial charge in [-0.15, -0.1) is 0 Å². The van der Waals surface area contributed by atoms with Gasteiger partial charge in [0.25, 0.3) is 0 Å². The summed E-state index contributed by atoms with van der Waals surface area (Å²) in [6, 6.07) is 6.55. The standard InChI is InChI=1S/C13H18N2/c1-4-12-7-8-15(14-12)13-6-5-10(2)11(3)9-13/h5-6,9H,4,7-8H2,1-3H3. The van der Waals surface area contributed by atoms with Gasteiger partial charge in [-0.2, -0.15) is 5.10 Å². The average molecular weight is 202 g/mol. The maximum absolute atomic E-state index is 4.60. The minimum Gasteiger partial charge on any atom is -0.265 e. The largest absolute Gasteiger partial charge is 0.265 e. The van der Waals surface area contributed by atoms with E-state index in [9.17, 15) is 0 Å². The number of hydrazone groups is 1. The molecule has 1 aliphatic heterocycles. The Kier molecular flexibility index (Phi) is 2.76. The quantitative estimate of drug-likeness (QED) is 0.718. The summed E-state index contributed by atoms with van der Waals surface area (Å²) in [5.41, 5.74) is 5.22. The van der Waals surface area contributed by atoms with E-state index in [1.54, 1.807) is 0 Å². The zero-order valence-corrected chi connectivity index (χ0v) is 9.75. The van der Waals surface area contributed by atoms with Crippen LogP contribution < -0.4 is 5.01 Å². The predicted octanol–water partition coefficient (Wildman–Crippen LogP) is 3.28. The average Bonchev–Trinajstić information content (AvgIpc) is 2.70. The molecule has 1 aliphatic rings. The van der Waals surface area contributed by atoms with Crippen molar-refractivity contribution in [2.45, 2.75) is 33.6 Å². The second-order valence-electron chi connectivity index (χ2n) is 4.16. The Hall–Kier alpha value is -1.31. The summed E-state index contributed by atoms with van der Waals surface area (Å²) >= 11 is 0. The molecule has 0 unspecified atom stereocenters. The molecule has 0 spiro atoms. The van der Waals surface area contributed by atoms with Crippen molar-refractivity contribution in [3.63, 3.8) is 0 Å². The summed E-state index contributed by atoms with van der Waals surface area (Å²) < 4.78 is 0. The van der Waals surface area contributed by atoms with Crippen LogP contribution in [0.15, 0.2) is 23.3 Å². The number of hydrogen-bond donors (Lipinski definition) is 0. The molecule has 0 radical (unpaired) electrons. The van der Waals surface area contributed by atoms with Gasteiger partial charge < -0.3 is 0 Å². The Balaban J connectivity index is 2.24. The molecule has 0 bridgehead atoms. The molecular formula is C13H18N2. The lowest BCUT2D eigenvalue weighted by Crippen LogP contribution is -2.11. The molecule has 15 heavy (non-hydrogen) atoms. The lowest BCUT2D eigenvalue weighted by molar-refractivity contribution is 0.920. The van der Waals surface area contributed by atoms with Gasteiger partial charge in [-0.3, -0.25) is 5.01 Å². The van der Waals surface area contributed by atoms with Crippen LogP contribution in [0.5, 0.6) is 0 Å². The van der Waals surface area contributed by atoms with Crippen molar-refractivity contribution >= 4 is 11.4 Å². The maximum Gasteiger partial charge on any atom is 0.0596 e. The fourth-order valence-corrected chi connectivity index (χ4v) is 1.83. The van der Waals surface area contributed by atoms with Crippen molar-refractivity contribution in [1.82, 2.24) is 0 Å². The molecule has 0 atom stereocenters. The van der Waals surface area contributed by atoms with Crippen LogP contribution in [0.3, 0.4) is 0 Å². The van der Waals surface area contributed by atoms with E-state index in [2.05, 4.69) is 49.1 Å². The third kappa shape index (κ3) is 2.04. The number of anilines is 1. The van der Waals surface area contributed by atoms with Crippen LogP contribution in [0.25, 0.3) is 0 Å². The van der Waals surface area contributed by atoms with Crippen molar-refractivity contribution in [3.8, 4) is 0 Å². The lowest BCUT2D eigenvalue weighted by atomic mass is 10.1. The minimum atomic E-state index is 1.03. The van der Waals surface area contributed by atoms with Gasteiger partial charge in [-0.05, 0) is 43.5 Å². The van der Waals surface area contributed by atoms with Crippen LogP contribution >= 0.6 is 0 Å². The van der Waals surface area contributed by atoms with E-state index in [-0.39, 0.29) is 0 Å². The molecule has 0 aliphatic carbocycles. The van der Waals surface area contributed by atoms with Gasteiger partial charge in [0, 0.05) is 18.7 Å². The van der Waals surface area contributed by atoms with Gasteiger partial charge in [0.2, 0.25) is 0 Å². The SMILES string of the molecule is CCC1=NN(c2ccc(C)c(C)c2)CC1. The minimum absolute atomic E-state index is 1.03. The highest BCUT2D eigenvalue weighted by Gasteiger charge is 2.14. The number of aryl methyl sites for hydroxylation is 2. The predicted molar refractivity (Wildman–Crippen MR) is 65.6 cm³/mol. The van der Waals surface area contributed by atoms with Crippen molar-refractivity contribution in [3.05, 3.63) is 29.3 Å². The molecule has 2 nitrogen and oxygen atoms in total. The molecule has 80 valence electrons. The van der Waals surface area contributed by atoms with E-state index in [4.69, 9.17) is 0 Å². The zero-order valence-electron chi connectivity index (χ0n) is 9.75. The van der Waals surface area contributed by atoms with E-state index in [1.807, 2.05) is 0 Å². The van der Waals surface area contributed by atoms with Gasteiger partial charge in [-0.25, -0.2) is 0 Å². The Labute approximate surface area is 91.6 Å². The summed E-state index contributed by atoms with van der Waals surface area (Å²) in [6.45, 7) is 7.50. The van der Waals surface area contributed by atoms with Crippen LogP contribution in [0.4, 0.5) is 5.69 Å². The fraction of sp³-hybridized carbons (Fsp3) is 0.462. The first-order valence-corrected chi connectivity index (χ1v) is 5.62. The summed E-state index contributed by atoms with van der Waals surface area (Å²) in [4.78, 5) is 0. The highest BCUT2D eigenvalue weighted by Crippen LogP contribution is 2.22. The van der Waals surface area contributed by atoms with Crippen LogP contribution in [-0.2, 0) is 0 Å². The van der Waals surface area contributed by atoms with Gasteiger partial charge in [0.15, 0.2) is 0 Å². The third-order valence-corrected chi connectivity index (χ3v) is 3.07. The highest BCUT2D eigenvalue weighted by atomic mass is 15.5. The summed E-state index contributed by atoms with van der Waals surface area (Å²) in [7, 11) is 0.